The Morgan fingerprint density at radius 3 is 2.83 bits per heavy atom. The standard InChI is InChI=1S/C17H28N4O2/c1-5-17(6-2)13(9-14(17)23-4)21(3)16(22)15-11-10-18-8-7-12(11)19-20-15/h13-14,18H,5-10H2,1-4H3,(H,19,20). The molecule has 1 aliphatic carbocycles. The van der Waals surface area contributed by atoms with E-state index in [9.17, 15) is 4.79 Å². The summed E-state index contributed by atoms with van der Waals surface area (Å²) in [5.74, 6) is 0.0250. The highest BCUT2D eigenvalue weighted by molar-refractivity contribution is 5.94. The third kappa shape index (κ3) is 2.39. The van der Waals surface area contributed by atoms with Crippen molar-refractivity contribution in [3.05, 3.63) is 17.0 Å². The van der Waals surface area contributed by atoms with Gasteiger partial charge in [-0.15, -0.1) is 0 Å². The smallest absolute Gasteiger partial charge is 0.274 e. The van der Waals surface area contributed by atoms with Crippen LogP contribution < -0.4 is 5.32 Å². The lowest BCUT2D eigenvalue weighted by atomic mass is 9.58. The molecule has 1 aliphatic heterocycles. The number of amides is 1. The maximum Gasteiger partial charge on any atom is 0.274 e. The van der Waals surface area contributed by atoms with E-state index >= 15 is 0 Å². The zero-order valence-electron chi connectivity index (χ0n) is 14.6. The summed E-state index contributed by atoms with van der Waals surface area (Å²) < 4.78 is 5.66. The number of nitrogens with one attached hydrogen (secondary N) is 2. The van der Waals surface area contributed by atoms with Crippen molar-refractivity contribution in [3.63, 3.8) is 0 Å². The van der Waals surface area contributed by atoms with E-state index in [4.69, 9.17) is 4.74 Å². The lowest BCUT2D eigenvalue weighted by Gasteiger charge is -2.57. The molecule has 2 atom stereocenters. The van der Waals surface area contributed by atoms with Crippen LogP contribution in [0.4, 0.5) is 0 Å². The molecular formula is C17H28N4O2. The second-order valence-corrected chi connectivity index (χ2v) is 6.79. The zero-order chi connectivity index (χ0) is 16.6. The molecule has 128 valence electrons. The van der Waals surface area contributed by atoms with Gasteiger partial charge >= 0.3 is 0 Å². The quantitative estimate of drug-likeness (QED) is 0.867. The van der Waals surface area contributed by atoms with Crippen LogP contribution in [0, 0.1) is 5.41 Å². The Morgan fingerprint density at radius 1 is 1.43 bits per heavy atom. The number of aromatic nitrogens is 2. The molecule has 1 fully saturated rings. The first-order valence-corrected chi connectivity index (χ1v) is 8.65. The van der Waals surface area contributed by atoms with E-state index in [1.807, 2.05) is 11.9 Å². The van der Waals surface area contributed by atoms with Crippen molar-refractivity contribution < 1.29 is 9.53 Å². The Hall–Kier alpha value is -1.40. The number of nitrogens with zero attached hydrogens (tertiary/aromatic N) is 2. The second-order valence-electron chi connectivity index (χ2n) is 6.79. The van der Waals surface area contributed by atoms with Gasteiger partial charge < -0.3 is 15.0 Å². The normalized spacial score (nSPS) is 25.6. The second kappa shape index (κ2) is 6.24. The number of H-pyrrole nitrogens is 1. The molecule has 2 aliphatic rings. The highest BCUT2D eigenvalue weighted by Gasteiger charge is 2.55. The van der Waals surface area contributed by atoms with Gasteiger partial charge in [-0.25, -0.2) is 0 Å². The van der Waals surface area contributed by atoms with E-state index < -0.39 is 0 Å². The number of hydrogen-bond donors (Lipinski definition) is 2. The molecule has 6 nitrogen and oxygen atoms in total. The maximum absolute atomic E-state index is 13.0. The number of rotatable bonds is 5. The maximum atomic E-state index is 13.0. The summed E-state index contributed by atoms with van der Waals surface area (Å²) in [7, 11) is 3.69. The van der Waals surface area contributed by atoms with Gasteiger partial charge in [-0.2, -0.15) is 5.10 Å². The summed E-state index contributed by atoms with van der Waals surface area (Å²) in [5.41, 5.74) is 2.78. The van der Waals surface area contributed by atoms with Gasteiger partial charge in [0.2, 0.25) is 0 Å². The fourth-order valence-electron chi connectivity index (χ4n) is 4.49. The van der Waals surface area contributed by atoms with Crippen molar-refractivity contribution in [1.82, 2.24) is 20.4 Å². The Labute approximate surface area is 138 Å². The predicted octanol–water partition coefficient (Wildman–Crippen LogP) is 1.72. The number of fused-ring (bicyclic) bond motifs is 1. The number of hydrogen-bond acceptors (Lipinski definition) is 4. The fourth-order valence-corrected chi connectivity index (χ4v) is 4.49. The first-order chi connectivity index (χ1) is 11.1. The molecule has 23 heavy (non-hydrogen) atoms. The van der Waals surface area contributed by atoms with E-state index in [-0.39, 0.29) is 23.5 Å². The molecule has 0 radical (unpaired) electrons. The average Bonchev–Trinajstić information content (AvgIpc) is 2.99. The van der Waals surface area contributed by atoms with E-state index in [1.54, 1.807) is 7.11 Å². The average molecular weight is 320 g/mol. The van der Waals surface area contributed by atoms with Gasteiger partial charge in [-0.1, -0.05) is 13.8 Å². The Kier molecular flexibility index (Phi) is 4.47. The summed E-state index contributed by atoms with van der Waals surface area (Å²) in [6.45, 7) is 6.05. The lowest BCUT2D eigenvalue weighted by Crippen LogP contribution is -2.64. The number of methoxy groups -OCH3 is 1. The van der Waals surface area contributed by atoms with Crippen LogP contribution in [0.2, 0.25) is 0 Å². The minimum absolute atomic E-state index is 0.0250. The lowest BCUT2D eigenvalue weighted by molar-refractivity contribution is -0.147. The number of aromatic amines is 1. The van der Waals surface area contributed by atoms with Crippen LogP contribution in [0.3, 0.4) is 0 Å². The highest BCUT2D eigenvalue weighted by Crippen LogP contribution is 2.51. The van der Waals surface area contributed by atoms with Crippen LogP contribution in [-0.2, 0) is 17.7 Å². The molecule has 0 aromatic carbocycles. The topological polar surface area (TPSA) is 70.2 Å². The van der Waals surface area contributed by atoms with Crippen molar-refractivity contribution in [2.75, 3.05) is 20.7 Å². The van der Waals surface area contributed by atoms with Gasteiger partial charge in [-0.05, 0) is 19.3 Å². The molecule has 6 heteroatoms. The van der Waals surface area contributed by atoms with E-state index in [2.05, 4.69) is 29.4 Å². The van der Waals surface area contributed by atoms with Crippen LogP contribution in [0.25, 0.3) is 0 Å². The first-order valence-electron chi connectivity index (χ1n) is 8.65. The summed E-state index contributed by atoms with van der Waals surface area (Å²) in [5, 5.41) is 10.7. The Balaban J connectivity index is 1.82. The van der Waals surface area contributed by atoms with Gasteiger partial charge in [0.25, 0.3) is 5.91 Å². The van der Waals surface area contributed by atoms with Gasteiger partial charge in [0.15, 0.2) is 5.69 Å². The zero-order valence-corrected chi connectivity index (χ0v) is 14.6. The molecule has 0 saturated heterocycles. The van der Waals surface area contributed by atoms with Crippen LogP contribution >= 0.6 is 0 Å². The molecule has 0 spiro atoms. The van der Waals surface area contributed by atoms with Gasteiger partial charge in [0.05, 0.1) is 6.10 Å². The molecular weight excluding hydrogens is 292 g/mol. The fraction of sp³-hybridized carbons (Fsp3) is 0.765. The molecule has 2 unspecified atom stereocenters. The molecule has 3 rings (SSSR count). The van der Waals surface area contributed by atoms with Crippen molar-refractivity contribution in [3.8, 4) is 0 Å². The van der Waals surface area contributed by atoms with Crippen molar-refractivity contribution in [2.45, 2.75) is 58.2 Å². The monoisotopic (exact) mass is 320 g/mol. The summed E-state index contributed by atoms with van der Waals surface area (Å²) in [6.07, 6.45) is 4.09. The molecule has 1 amide bonds. The third-order valence-corrected chi connectivity index (χ3v) is 6.14. The minimum atomic E-state index is 0.0250. The van der Waals surface area contributed by atoms with Gasteiger partial charge in [0.1, 0.15) is 0 Å². The predicted molar refractivity (Wildman–Crippen MR) is 88.3 cm³/mol. The number of carbonyl (C=O) groups excluding carboxylic acids is 1. The van der Waals surface area contributed by atoms with Crippen LogP contribution in [-0.4, -0.2) is 53.9 Å². The third-order valence-electron chi connectivity index (χ3n) is 6.14. The largest absolute Gasteiger partial charge is 0.381 e. The first kappa shape index (κ1) is 16.5. The van der Waals surface area contributed by atoms with E-state index in [1.165, 1.54) is 0 Å². The van der Waals surface area contributed by atoms with Gasteiger partial charge in [-0.3, -0.25) is 9.89 Å². The highest BCUT2D eigenvalue weighted by atomic mass is 16.5. The van der Waals surface area contributed by atoms with Crippen LogP contribution in [0.1, 0.15) is 54.9 Å². The number of carbonyl (C=O) groups is 1. The Morgan fingerprint density at radius 2 is 2.17 bits per heavy atom. The van der Waals surface area contributed by atoms with Crippen LogP contribution in [0.15, 0.2) is 0 Å². The summed E-state index contributed by atoms with van der Waals surface area (Å²) in [4.78, 5) is 14.9. The summed E-state index contributed by atoms with van der Waals surface area (Å²) in [6, 6.07) is 0.221. The Bertz CT molecular complexity index is 579. The van der Waals surface area contributed by atoms with Crippen molar-refractivity contribution in [2.24, 2.45) is 5.41 Å². The van der Waals surface area contributed by atoms with E-state index in [0.717, 1.165) is 50.0 Å². The molecule has 1 aromatic rings. The van der Waals surface area contributed by atoms with Gasteiger partial charge in [0, 0.05) is 56.4 Å². The van der Waals surface area contributed by atoms with Crippen LogP contribution in [0.5, 0.6) is 0 Å². The molecule has 1 aromatic heterocycles. The molecule has 2 N–H and O–H groups in total. The molecule has 0 bridgehead atoms. The van der Waals surface area contributed by atoms with E-state index in [0.29, 0.717) is 5.69 Å². The van der Waals surface area contributed by atoms with Crippen molar-refractivity contribution >= 4 is 5.91 Å². The summed E-state index contributed by atoms with van der Waals surface area (Å²) >= 11 is 0. The minimum Gasteiger partial charge on any atom is -0.381 e. The van der Waals surface area contributed by atoms with Crippen molar-refractivity contribution in [1.29, 1.82) is 0 Å². The number of ether oxygens (including phenoxy) is 1. The molecule has 2 heterocycles. The SMILES string of the molecule is CCC1(CC)C(OC)CC1N(C)C(=O)c1n[nH]c2c1CNCC2. The molecule has 1 saturated carbocycles.